The van der Waals surface area contributed by atoms with Crippen molar-refractivity contribution in [2.75, 3.05) is 24.1 Å². The monoisotopic (exact) mass is 309 g/mol. The third kappa shape index (κ3) is 6.56. The lowest BCUT2D eigenvalue weighted by atomic mass is 10.2. The van der Waals surface area contributed by atoms with Crippen molar-refractivity contribution < 1.29 is 14.3 Å². The van der Waals surface area contributed by atoms with Gasteiger partial charge in [0, 0.05) is 13.1 Å². The van der Waals surface area contributed by atoms with Gasteiger partial charge in [0.25, 0.3) is 0 Å². The topological polar surface area (TPSA) is 85.6 Å². The first-order chi connectivity index (χ1) is 10.2. The molecule has 0 aromatic heterocycles. The van der Waals surface area contributed by atoms with Crippen LogP contribution in [0.25, 0.3) is 0 Å². The van der Waals surface area contributed by atoms with Gasteiger partial charge in [-0.05, 0) is 46.8 Å². The average Bonchev–Trinajstić information content (AvgIpc) is 2.36. The Morgan fingerprint density at radius 2 is 1.95 bits per heavy atom. The van der Waals surface area contributed by atoms with E-state index >= 15 is 0 Å². The molecule has 0 radical (unpaired) electrons. The number of nitrogen functional groups attached to an aromatic ring is 1. The molecule has 0 fully saturated rings. The van der Waals surface area contributed by atoms with Crippen LogP contribution in [0, 0.1) is 0 Å². The van der Waals surface area contributed by atoms with Gasteiger partial charge in [0.2, 0.25) is 0 Å². The smallest absolute Gasteiger partial charge is 0.407 e. The molecule has 0 spiro atoms. The Morgan fingerprint density at radius 1 is 1.27 bits per heavy atom. The third-order valence-corrected chi connectivity index (χ3v) is 2.54. The maximum Gasteiger partial charge on any atom is 0.407 e. The van der Waals surface area contributed by atoms with Crippen LogP contribution < -0.4 is 21.1 Å². The number of amides is 1. The minimum absolute atomic E-state index is 0.0615. The normalized spacial score (nSPS) is 11.2. The molecule has 0 saturated carbocycles. The van der Waals surface area contributed by atoms with Crippen LogP contribution in [0.15, 0.2) is 18.2 Å². The van der Waals surface area contributed by atoms with Gasteiger partial charge in [-0.15, -0.1) is 0 Å². The van der Waals surface area contributed by atoms with E-state index in [1.54, 1.807) is 0 Å². The zero-order valence-corrected chi connectivity index (χ0v) is 14.0. The predicted octanol–water partition coefficient (Wildman–Crippen LogP) is 2.99. The van der Waals surface area contributed by atoms with Gasteiger partial charge in [0.1, 0.15) is 11.4 Å². The zero-order chi connectivity index (χ0) is 16.8. The number of benzene rings is 1. The van der Waals surface area contributed by atoms with Crippen LogP contribution in [0.3, 0.4) is 0 Å². The molecule has 0 aliphatic rings. The van der Waals surface area contributed by atoms with E-state index in [-0.39, 0.29) is 6.10 Å². The van der Waals surface area contributed by atoms with Crippen molar-refractivity contribution in [1.29, 1.82) is 0 Å². The van der Waals surface area contributed by atoms with Crippen molar-refractivity contribution in [3.8, 4) is 5.75 Å². The highest BCUT2D eigenvalue weighted by molar-refractivity contribution is 5.73. The Bertz CT molecular complexity index is 496. The van der Waals surface area contributed by atoms with Crippen LogP contribution in [0.2, 0.25) is 0 Å². The van der Waals surface area contributed by atoms with Gasteiger partial charge in [0.05, 0.1) is 17.5 Å². The highest BCUT2D eigenvalue weighted by Crippen LogP contribution is 2.29. The van der Waals surface area contributed by atoms with Gasteiger partial charge < -0.3 is 25.8 Å². The number of rotatable bonds is 6. The quantitative estimate of drug-likeness (QED) is 0.555. The summed E-state index contributed by atoms with van der Waals surface area (Å²) < 4.78 is 10.8. The number of ether oxygens (including phenoxy) is 2. The summed E-state index contributed by atoms with van der Waals surface area (Å²) >= 11 is 0. The van der Waals surface area contributed by atoms with Crippen molar-refractivity contribution >= 4 is 17.5 Å². The van der Waals surface area contributed by atoms with Crippen molar-refractivity contribution in [1.82, 2.24) is 5.32 Å². The molecule has 1 aromatic carbocycles. The molecule has 1 rings (SSSR count). The molecule has 0 atom stereocenters. The lowest BCUT2D eigenvalue weighted by Crippen LogP contribution is -2.35. The lowest BCUT2D eigenvalue weighted by molar-refractivity contribution is 0.0530. The summed E-state index contributed by atoms with van der Waals surface area (Å²) in [6, 6.07) is 5.58. The van der Waals surface area contributed by atoms with E-state index in [9.17, 15) is 4.79 Å². The van der Waals surface area contributed by atoms with Crippen molar-refractivity contribution in [2.24, 2.45) is 0 Å². The Kier molecular flexibility index (Phi) is 6.34. The second kappa shape index (κ2) is 7.77. The number of alkyl carbamates (subject to hydrolysis) is 1. The summed E-state index contributed by atoms with van der Waals surface area (Å²) in [6.45, 7) is 10.3. The van der Waals surface area contributed by atoms with Crippen LogP contribution in [0.4, 0.5) is 16.2 Å². The third-order valence-electron chi connectivity index (χ3n) is 2.54. The van der Waals surface area contributed by atoms with Crippen LogP contribution in [0.5, 0.6) is 5.75 Å². The molecule has 6 heteroatoms. The Morgan fingerprint density at radius 3 is 2.55 bits per heavy atom. The van der Waals surface area contributed by atoms with Crippen LogP contribution in [0.1, 0.15) is 34.6 Å². The molecule has 0 aliphatic carbocycles. The summed E-state index contributed by atoms with van der Waals surface area (Å²) in [5.74, 6) is 0.653. The van der Waals surface area contributed by atoms with E-state index in [1.165, 1.54) is 0 Å². The van der Waals surface area contributed by atoms with Gasteiger partial charge in [-0.3, -0.25) is 0 Å². The van der Waals surface area contributed by atoms with Crippen LogP contribution in [-0.4, -0.2) is 30.9 Å². The van der Waals surface area contributed by atoms with Crippen molar-refractivity contribution in [3.05, 3.63) is 18.2 Å². The molecule has 6 nitrogen and oxygen atoms in total. The molecule has 0 saturated heterocycles. The standard InChI is InChI=1S/C16H27N3O3/c1-11(2)21-13-8-6-7-12(14(13)17)18-9-10-19-15(20)22-16(3,4)5/h6-8,11,18H,9-10,17H2,1-5H3,(H,19,20). The molecular weight excluding hydrogens is 282 g/mol. The second-order valence-electron chi connectivity index (χ2n) is 6.24. The SMILES string of the molecule is CC(C)Oc1cccc(NCCNC(=O)OC(C)(C)C)c1N. The lowest BCUT2D eigenvalue weighted by Gasteiger charge is -2.20. The first-order valence-electron chi connectivity index (χ1n) is 7.45. The highest BCUT2D eigenvalue weighted by atomic mass is 16.6. The Balaban J connectivity index is 2.44. The molecule has 4 N–H and O–H groups in total. The van der Waals surface area contributed by atoms with Gasteiger partial charge in [-0.25, -0.2) is 4.79 Å². The van der Waals surface area contributed by atoms with Crippen LogP contribution in [-0.2, 0) is 4.74 Å². The Hall–Kier alpha value is -2.11. The summed E-state index contributed by atoms with van der Waals surface area (Å²) in [7, 11) is 0. The molecule has 0 unspecified atom stereocenters. The van der Waals surface area contributed by atoms with E-state index in [1.807, 2.05) is 52.8 Å². The zero-order valence-electron chi connectivity index (χ0n) is 14.0. The van der Waals surface area contributed by atoms with E-state index in [4.69, 9.17) is 15.2 Å². The number of anilines is 2. The fourth-order valence-corrected chi connectivity index (χ4v) is 1.73. The molecule has 0 bridgehead atoms. The molecular formula is C16H27N3O3. The predicted molar refractivity (Wildman–Crippen MR) is 89.3 cm³/mol. The molecule has 1 aromatic rings. The molecule has 0 aliphatic heterocycles. The number of nitrogens with two attached hydrogens (primary N) is 1. The van der Waals surface area contributed by atoms with E-state index in [0.29, 0.717) is 24.5 Å². The number of carbonyl (C=O) groups is 1. The largest absolute Gasteiger partial charge is 0.489 e. The maximum atomic E-state index is 11.5. The first-order valence-corrected chi connectivity index (χ1v) is 7.45. The maximum absolute atomic E-state index is 11.5. The minimum Gasteiger partial charge on any atom is -0.489 e. The average molecular weight is 309 g/mol. The molecule has 0 heterocycles. The van der Waals surface area contributed by atoms with E-state index in [2.05, 4.69) is 10.6 Å². The molecule has 124 valence electrons. The second-order valence-corrected chi connectivity index (χ2v) is 6.24. The summed E-state index contributed by atoms with van der Waals surface area (Å²) in [5.41, 5.74) is 6.91. The van der Waals surface area contributed by atoms with Gasteiger partial charge >= 0.3 is 6.09 Å². The number of hydrogen-bond acceptors (Lipinski definition) is 5. The number of hydrogen-bond donors (Lipinski definition) is 3. The van der Waals surface area contributed by atoms with E-state index < -0.39 is 11.7 Å². The first kappa shape index (κ1) is 17.9. The van der Waals surface area contributed by atoms with Gasteiger partial charge in [-0.2, -0.15) is 0 Å². The van der Waals surface area contributed by atoms with Gasteiger partial charge in [-0.1, -0.05) is 6.07 Å². The molecule has 1 amide bonds. The number of para-hydroxylation sites is 1. The Labute approximate surface area is 132 Å². The summed E-state index contributed by atoms with van der Waals surface area (Å²) in [6.07, 6.45) is -0.370. The van der Waals surface area contributed by atoms with Gasteiger partial charge in [0.15, 0.2) is 0 Å². The fraction of sp³-hybridized carbons (Fsp3) is 0.562. The summed E-state index contributed by atoms with van der Waals surface area (Å²) in [4.78, 5) is 11.5. The van der Waals surface area contributed by atoms with Crippen molar-refractivity contribution in [3.63, 3.8) is 0 Å². The highest BCUT2D eigenvalue weighted by Gasteiger charge is 2.15. The number of nitrogens with one attached hydrogen (secondary N) is 2. The fourth-order valence-electron chi connectivity index (χ4n) is 1.73. The molecule has 22 heavy (non-hydrogen) atoms. The van der Waals surface area contributed by atoms with Crippen LogP contribution >= 0.6 is 0 Å². The number of carbonyl (C=O) groups excluding carboxylic acids is 1. The summed E-state index contributed by atoms with van der Waals surface area (Å²) in [5, 5.41) is 5.85. The van der Waals surface area contributed by atoms with Crippen molar-refractivity contribution in [2.45, 2.75) is 46.3 Å². The van der Waals surface area contributed by atoms with E-state index in [0.717, 1.165) is 5.69 Å². The minimum atomic E-state index is -0.496.